The summed E-state index contributed by atoms with van der Waals surface area (Å²) in [6.45, 7) is 5.40. The molecule has 1 fully saturated rings. The summed E-state index contributed by atoms with van der Waals surface area (Å²) in [4.78, 5) is 18.2. The van der Waals surface area contributed by atoms with Gasteiger partial charge < -0.3 is 19.7 Å². The van der Waals surface area contributed by atoms with Crippen molar-refractivity contribution in [3.63, 3.8) is 0 Å². The van der Waals surface area contributed by atoms with Crippen LogP contribution < -0.4 is 14.8 Å². The predicted molar refractivity (Wildman–Crippen MR) is 145 cm³/mol. The van der Waals surface area contributed by atoms with E-state index in [1.165, 1.54) is 5.56 Å². The number of carbonyl (C=O) groups excluding carboxylic acids is 1. The van der Waals surface area contributed by atoms with Crippen LogP contribution in [0, 0.1) is 0 Å². The number of ether oxygens (including phenoxy) is 2. The topological polar surface area (TPSA) is 54.0 Å². The molecular formula is C29H35N3O3S. The zero-order valence-electron chi connectivity index (χ0n) is 21.2. The average Bonchev–Trinajstić information content (AvgIpc) is 3.42. The lowest BCUT2D eigenvalue weighted by molar-refractivity contribution is -0.128. The van der Waals surface area contributed by atoms with Crippen LogP contribution >= 0.6 is 11.3 Å². The Hall–Kier alpha value is -2.87. The molecule has 2 aliphatic rings. The second kappa shape index (κ2) is 11.0. The van der Waals surface area contributed by atoms with Crippen LogP contribution in [0.15, 0.2) is 59.3 Å². The van der Waals surface area contributed by atoms with Gasteiger partial charge in [-0.25, -0.2) is 0 Å². The van der Waals surface area contributed by atoms with E-state index in [0.29, 0.717) is 19.8 Å². The van der Waals surface area contributed by atoms with Gasteiger partial charge in [-0.15, -0.1) is 0 Å². The highest BCUT2D eigenvalue weighted by molar-refractivity contribution is 7.07. The molecule has 2 aliphatic heterocycles. The number of fused-ring (bicyclic) bond motifs is 1. The summed E-state index contributed by atoms with van der Waals surface area (Å²) >= 11 is 1.74. The molecule has 1 amide bonds. The van der Waals surface area contributed by atoms with Gasteiger partial charge in [-0.05, 0) is 91.2 Å². The number of rotatable bonds is 8. The number of piperidine rings is 1. The molecule has 0 spiro atoms. The van der Waals surface area contributed by atoms with Crippen molar-refractivity contribution in [3.8, 4) is 22.6 Å². The Labute approximate surface area is 217 Å². The van der Waals surface area contributed by atoms with Gasteiger partial charge >= 0.3 is 0 Å². The maximum Gasteiger partial charge on any atom is 0.230 e. The highest BCUT2D eigenvalue weighted by atomic mass is 32.1. The monoisotopic (exact) mass is 505 g/mol. The molecule has 5 rings (SSSR count). The second-order valence-electron chi connectivity index (χ2n) is 9.98. The summed E-state index contributed by atoms with van der Waals surface area (Å²) in [6.07, 6.45) is 1.63. The fourth-order valence-corrected chi connectivity index (χ4v) is 5.81. The first kappa shape index (κ1) is 24.8. The van der Waals surface area contributed by atoms with Gasteiger partial charge in [0.1, 0.15) is 13.2 Å². The number of benzene rings is 2. The molecule has 3 aromatic rings. The number of likely N-dealkylation sites (tertiary alicyclic amines) is 1. The summed E-state index contributed by atoms with van der Waals surface area (Å²) in [5.74, 6) is 1.73. The summed E-state index contributed by atoms with van der Waals surface area (Å²) in [5.41, 5.74) is 4.13. The molecule has 0 radical (unpaired) electrons. The quantitative estimate of drug-likeness (QED) is 0.492. The number of amides is 1. The van der Waals surface area contributed by atoms with E-state index < -0.39 is 5.41 Å². The second-order valence-corrected chi connectivity index (χ2v) is 10.8. The standard InChI is InChI=1S/C29H35N3O3S/c1-31(2)15-12-30-28(33)29(10-13-32(14-11-29)20-22-9-18-36-21-22)25-6-3-23(4-7-25)24-5-8-26-27(19-24)35-17-16-34-26/h3-9,18-19,21H,10-17,20H2,1-2H3,(H,30,33). The Morgan fingerprint density at radius 2 is 1.72 bits per heavy atom. The largest absolute Gasteiger partial charge is 0.486 e. The van der Waals surface area contributed by atoms with Gasteiger partial charge in [0.25, 0.3) is 0 Å². The van der Waals surface area contributed by atoms with Crippen LogP contribution in [0.5, 0.6) is 11.5 Å². The molecule has 36 heavy (non-hydrogen) atoms. The van der Waals surface area contributed by atoms with Crippen LogP contribution in [0.4, 0.5) is 0 Å². The minimum absolute atomic E-state index is 0.145. The molecule has 7 heteroatoms. The highest BCUT2D eigenvalue weighted by Gasteiger charge is 2.42. The third-order valence-corrected chi connectivity index (χ3v) is 8.02. The summed E-state index contributed by atoms with van der Waals surface area (Å²) in [6, 6.07) is 16.8. The van der Waals surface area contributed by atoms with E-state index in [-0.39, 0.29) is 5.91 Å². The lowest BCUT2D eigenvalue weighted by atomic mass is 9.71. The molecule has 0 saturated carbocycles. The van der Waals surface area contributed by atoms with Crippen molar-refractivity contribution in [2.75, 3.05) is 53.5 Å². The van der Waals surface area contributed by atoms with Crippen LogP contribution in [-0.4, -0.2) is 69.2 Å². The Kier molecular flexibility index (Phi) is 7.60. The van der Waals surface area contributed by atoms with Gasteiger partial charge in [0.05, 0.1) is 5.41 Å². The number of hydrogen-bond acceptors (Lipinski definition) is 6. The van der Waals surface area contributed by atoms with E-state index in [4.69, 9.17) is 9.47 Å². The molecule has 2 aromatic carbocycles. The predicted octanol–water partition coefficient (Wildman–Crippen LogP) is 4.40. The summed E-state index contributed by atoms with van der Waals surface area (Å²) in [5, 5.41) is 7.58. The molecule has 1 N–H and O–H groups in total. The zero-order valence-corrected chi connectivity index (χ0v) is 22.0. The molecule has 190 valence electrons. The van der Waals surface area contributed by atoms with Crippen molar-refractivity contribution in [1.29, 1.82) is 0 Å². The number of nitrogens with one attached hydrogen (secondary N) is 1. The van der Waals surface area contributed by atoms with Crippen LogP contribution in [0.25, 0.3) is 11.1 Å². The van der Waals surface area contributed by atoms with Gasteiger partial charge in [-0.2, -0.15) is 11.3 Å². The van der Waals surface area contributed by atoms with E-state index in [1.54, 1.807) is 11.3 Å². The van der Waals surface area contributed by atoms with Crippen LogP contribution in [0.2, 0.25) is 0 Å². The van der Waals surface area contributed by atoms with E-state index >= 15 is 0 Å². The third kappa shape index (κ3) is 5.43. The molecule has 3 heterocycles. The molecule has 1 aromatic heterocycles. The molecule has 1 saturated heterocycles. The molecule has 6 nitrogen and oxygen atoms in total. The minimum atomic E-state index is -0.511. The summed E-state index contributed by atoms with van der Waals surface area (Å²) < 4.78 is 11.4. The normalized spacial score (nSPS) is 17.2. The maximum absolute atomic E-state index is 13.7. The number of carbonyl (C=O) groups is 1. The van der Waals surface area contributed by atoms with Crippen LogP contribution in [0.1, 0.15) is 24.0 Å². The number of likely N-dealkylation sites (N-methyl/N-ethyl adjacent to an activating group) is 1. The zero-order chi connectivity index (χ0) is 25.0. The maximum atomic E-state index is 13.7. The molecular weight excluding hydrogens is 470 g/mol. The highest BCUT2D eigenvalue weighted by Crippen LogP contribution is 2.39. The van der Waals surface area contributed by atoms with Crippen LogP contribution in [-0.2, 0) is 16.8 Å². The van der Waals surface area contributed by atoms with Gasteiger partial charge in [0.2, 0.25) is 5.91 Å². The molecule has 0 aliphatic carbocycles. The minimum Gasteiger partial charge on any atom is -0.486 e. The fraction of sp³-hybridized carbons (Fsp3) is 0.414. The van der Waals surface area contributed by atoms with Gasteiger partial charge in [0, 0.05) is 19.6 Å². The first-order valence-electron chi connectivity index (χ1n) is 12.7. The molecule has 0 atom stereocenters. The Morgan fingerprint density at radius 1 is 1.00 bits per heavy atom. The van der Waals surface area contributed by atoms with Gasteiger partial charge in [-0.1, -0.05) is 30.3 Å². The Bertz CT molecular complexity index is 1150. The van der Waals surface area contributed by atoms with E-state index in [0.717, 1.165) is 67.2 Å². The summed E-state index contributed by atoms with van der Waals surface area (Å²) in [7, 11) is 4.06. The van der Waals surface area contributed by atoms with Crippen molar-refractivity contribution in [1.82, 2.24) is 15.1 Å². The first-order chi connectivity index (χ1) is 17.5. The van der Waals surface area contributed by atoms with Gasteiger partial charge in [-0.3, -0.25) is 9.69 Å². The number of thiophene rings is 1. The average molecular weight is 506 g/mol. The Balaban J connectivity index is 1.35. The smallest absolute Gasteiger partial charge is 0.230 e. The number of nitrogens with zero attached hydrogens (tertiary/aromatic N) is 2. The lowest BCUT2D eigenvalue weighted by Crippen LogP contribution is -2.52. The molecule has 0 bridgehead atoms. The lowest BCUT2D eigenvalue weighted by Gasteiger charge is -2.41. The van der Waals surface area contributed by atoms with Crippen molar-refractivity contribution in [2.45, 2.75) is 24.8 Å². The van der Waals surface area contributed by atoms with Crippen LogP contribution in [0.3, 0.4) is 0 Å². The SMILES string of the molecule is CN(C)CCNC(=O)C1(c2ccc(-c3ccc4c(c3)OCCO4)cc2)CCN(Cc2ccsc2)CC1. The van der Waals surface area contributed by atoms with Crippen molar-refractivity contribution < 1.29 is 14.3 Å². The Morgan fingerprint density at radius 3 is 2.42 bits per heavy atom. The van der Waals surface area contributed by atoms with E-state index in [1.807, 2.05) is 26.2 Å². The van der Waals surface area contributed by atoms with Gasteiger partial charge in [0.15, 0.2) is 11.5 Å². The van der Waals surface area contributed by atoms with E-state index in [9.17, 15) is 4.79 Å². The third-order valence-electron chi connectivity index (χ3n) is 7.29. The van der Waals surface area contributed by atoms with Crippen molar-refractivity contribution in [3.05, 3.63) is 70.4 Å². The number of hydrogen-bond donors (Lipinski definition) is 1. The van der Waals surface area contributed by atoms with E-state index in [2.05, 4.69) is 62.3 Å². The first-order valence-corrected chi connectivity index (χ1v) is 13.6. The molecule has 0 unspecified atom stereocenters. The van der Waals surface area contributed by atoms with Crippen molar-refractivity contribution in [2.24, 2.45) is 0 Å². The van der Waals surface area contributed by atoms with Crippen molar-refractivity contribution >= 4 is 17.2 Å². The fourth-order valence-electron chi connectivity index (χ4n) is 5.15.